The molecular weight excluding hydrogens is 732 g/mol. The Balaban J connectivity index is 0.935. The van der Waals surface area contributed by atoms with E-state index >= 15 is 0 Å². The van der Waals surface area contributed by atoms with Gasteiger partial charge in [0.15, 0.2) is 5.13 Å². The lowest BCUT2D eigenvalue weighted by molar-refractivity contribution is -0.136. The van der Waals surface area contributed by atoms with E-state index in [2.05, 4.69) is 47.8 Å². The quantitative estimate of drug-likeness (QED) is 0.248. The van der Waals surface area contributed by atoms with E-state index in [1.807, 2.05) is 23.6 Å². The van der Waals surface area contributed by atoms with Crippen molar-refractivity contribution in [3.63, 3.8) is 0 Å². The molecule has 3 N–H and O–H groups in total. The average Bonchev–Trinajstić information content (AvgIpc) is 3.72. The van der Waals surface area contributed by atoms with Gasteiger partial charge in [0.25, 0.3) is 5.91 Å². The Morgan fingerprint density at radius 2 is 1.96 bits per heavy atom. The van der Waals surface area contributed by atoms with Crippen molar-refractivity contribution in [2.45, 2.75) is 63.7 Å². The molecule has 12 nitrogen and oxygen atoms in total. The number of carbonyl (C=O) groups excluding carboxylic acids is 3. The predicted molar refractivity (Wildman–Crippen MR) is 189 cm³/mol. The number of rotatable bonds is 9. The molecule has 6 heterocycles. The fourth-order valence-corrected chi connectivity index (χ4v) is 8.49. The van der Waals surface area contributed by atoms with Crippen LogP contribution in [0.4, 0.5) is 10.9 Å². The second kappa shape index (κ2) is 14.3. The van der Waals surface area contributed by atoms with Crippen LogP contribution in [0.2, 0.25) is 5.02 Å². The Morgan fingerprint density at radius 3 is 2.71 bits per heavy atom. The first-order valence-electron chi connectivity index (χ1n) is 16.5. The number of imide groups is 1. The van der Waals surface area contributed by atoms with Gasteiger partial charge in [-0.25, -0.2) is 9.97 Å². The highest BCUT2D eigenvalue weighted by atomic mass is 79.9. The van der Waals surface area contributed by atoms with Crippen molar-refractivity contribution in [3.05, 3.63) is 56.0 Å². The van der Waals surface area contributed by atoms with Gasteiger partial charge in [-0.2, -0.15) is 5.26 Å². The number of nitrogens with one attached hydrogen (secondary N) is 3. The van der Waals surface area contributed by atoms with Gasteiger partial charge in [-0.05, 0) is 55.4 Å². The lowest BCUT2D eigenvalue weighted by Gasteiger charge is -2.33. The number of nitriles is 1. The van der Waals surface area contributed by atoms with E-state index < -0.39 is 17.4 Å². The van der Waals surface area contributed by atoms with Crippen molar-refractivity contribution in [2.24, 2.45) is 5.41 Å². The van der Waals surface area contributed by atoms with Gasteiger partial charge in [0, 0.05) is 85.6 Å². The van der Waals surface area contributed by atoms with Gasteiger partial charge in [-0.1, -0.05) is 33.6 Å². The number of pyridine rings is 1. The van der Waals surface area contributed by atoms with E-state index in [-0.39, 0.29) is 24.3 Å². The molecule has 0 spiro atoms. The van der Waals surface area contributed by atoms with Crippen LogP contribution < -0.4 is 16.0 Å². The van der Waals surface area contributed by atoms with Crippen LogP contribution >= 0.6 is 38.9 Å². The van der Waals surface area contributed by atoms with Crippen molar-refractivity contribution in [3.8, 4) is 17.3 Å². The normalized spacial score (nSPS) is 21.3. The van der Waals surface area contributed by atoms with Crippen LogP contribution in [0, 0.1) is 16.7 Å². The molecule has 0 radical (unpaired) electrons. The van der Waals surface area contributed by atoms with E-state index in [0.717, 1.165) is 70.3 Å². The summed E-state index contributed by atoms with van der Waals surface area (Å²) >= 11 is 11.8. The molecule has 0 aliphatic carbocycles. The summed E-state index contributed by atoms with van der Waals surface area (Å²) < 4.78 is 6.35. The van der Waals surface area contributed by atoms with Crippen molar-refractivity contribution >= 4 is 67.5 Å². The molecule has 7 rings (SSSR count). The molecule has 0 bridgehead atoms. The van der Waals surface area contributed by atoms with E-state index in [0.29, 0.717) is 56.2 Å². The second-order valence-electron chi connectivity index (χ2n) is 13.1. The molecule has 49 heavy (non-hydrogen) atoms. The van der Waals surface area contributed by atoms with Crippen molar-refractivity contribution in [1.29, 1.82) is 5.26 Å². The molecule has 3 fully saturated rings. The number of piperidine rings is 2. The van der Waals surface area contributed by atoms with E-state index in [4.69, 9.17) is 21.3 Å². The number of halogens is 2. The first-order valence-corrected chi connectivity index (χ1v) is 18.5. The molecular formula is C34H36BrClN8O4S. The Hall–Kier alpha value is -3.61. The number of carbonyl (C=O) groups is 3. The Morgan fingerprint density at radius 1 is 1.16 bits per heavy atom. The van der Waals surface area contributed by atoms with Gasteiger partial charge in [0.1, 0.15) is 11.9 Å². The molecule has 3 saturated heterocycles. The third-order valence-electron chi connectivity index (χ3n) is 9.96. The van der Waals surface area contributed by atoms with Crippen LogP contribution in [-0.4, -0.2) is 82.4 Å². The number of hydrogen-bond acceptors (Lipinski definition) is 11. The number of ether oxygens (including phenoxy) is 1. The van der Waals surface area contributed by atoms with Crippen molar-refractivity contribution in [1.82, 2.24) is 25.1 Å². The predicted octanol–water partition coefficient (Wildman–Crippen LogP) is 5.19. The molecule has 0 saturated carbocycles. The maximum absolute atomic E-state index is 13.2. The zero-order chi connectivity index (χ0) is 34.1. The average molecular weight is 768 g/mol. The molecule has 3 aromatic rings. The third-order valence-corrected chi connectivity index (χ3v) is 12.1. The molecule has 4 aliphatic rings. The van der Waals surface area contributed by atoms with Crippen LogP contribution in [0.1, 0.15) is 60.0 Å². The standard InChI is InChI=1S/C34H36BrClN8O4S/c35-30-20(1-2-22-24(30)16-44(32(22)47)27-3-4-29(45)42-31(27)46)15-43-9-5-21(6-10-43)40-28-13-23(25(36)14-38-28)26-17-49-33(41-26)39-19-34(18-37)7-11-48-12-8-34/h1-2,13-14,17,21,27H,3-12,15-16,19H2,(H,38,40)(H,39,41)(H,42,45,46). The van der Waals surface area contributed by atoms with Gasteiger partial charge in [0.2, 0.25) is 11.8 Å². The van der Waals surface area contributed by atoms with Crippen LogP contribution in [0.3, 0.4) is 0 Å². The first kappa shape index (κ1) is 33.9. The highest BCUT2D eigenvalue weighted by Gasteiger charge is 2.40. The molecule has 1 unspecified atom stereocenters. The highest BCUT2D eigenvalue weighted by molar-refractivity contribution is 9.10. The Kier molecular flexibility index (Phi) is 9.90. The summed E-state index contributed by atoms with van der Waals surface area (Å²) in [6, 6.07) is 7.89. The summed E-state index contributed by atoms with van der Waals surface area (Å²) in [6.45, 7) is 4.59. The lowest BCUT2D eigenvalue weighted by atomic mass is 9.82. The number of nitrogens with zero attached hydrogens (tertiary/aromatic N) is 5. The minimum atomic E-state index is -0.632. The fraction of sp³-hybridized carbons (Fsp3) is 0.471. The SMILES string of the molecule is N#CC1(CNc2nc(-c3cc(NC4CCN(Cc5ccc6c(c5Br)CN(C5CCC(=O)NC5=O)C6=O)CC4)ncc3Cl)cs2)CCOCC1. The van der Waals surface area contributed by atoms with E-state index in [9.17, 15) is 19.6 Å². The van der Waals surface area contributed by atoms with Crippen LogP contribution in [0.15, 0.2) is 34.2 Å². The third kappa shape index (κ3) is 7.18. The summed E-state index contributed by atoms with van der Waals surface area (Å²) in [6.07, 6.45) is 5.51. The zero-order valence-corrected chi connectivity index (χ0v) is 29.9. The zero-order valence-electron chi connectivity index (χ0n) is 26.8. The maximum atomic E-state index is 13.2. The van der Waals surface area contributed by atoms with Gasteiger partial charge < -0.3 is 20.3 Å². The second-order valence-corrected chi connectivity index (χ2v) is 15.2. The van der Waals surface area contributed by atoms with Crippen molar-refractivity contribution in [2.75, 3.05) is 43.5 Å². The molecule has 256 valence electrons. The number of amides is 3. The maximum Gasteiger partial charge on any atom is 0.255 e. The molecule has 2 aromatic heterocycles. The number of benzene rings is 1. The topological polar surface area (TPSA) is 153 Å². The van der Waals surface area contributed by atoms with Gasteiger partial charge in [-0.3, -0.25) is 24.6 Å². The largest absolute Gasteiger partial charge is 0.381 e. The Bertz CT molecular complexity index is 1820. The number of thiazole rings is 1. The number of aromatic nitrogens is 2. The summed E-state index contributed by atoms with van der Waals surface area (Å²) in [4.78, 5) is 50.5. The molecule has 15 heteroatoms. The van der Waals surface area contributed by atoms with Crippen LogP contribution in [0.5, 0.6) is 0 Å². The van der Waals surface area contributed by atoms with Crippen LogP contribution in [0.25, 0.3) is 11.3 Å². The summed E-state index contributed by atoms with van der Waals surface area (Å²) in [7, 11) is 0. The van der Waals surface area contributed by atoms with Gasteiger partial charge in [0.05, 0.1) is 22.2 Å². The van der Waals surface area contributed by atoms with E-state index in [1.165, 1.54) is 11.3 Å². The smallest absolute Gasteiger partial charge is 0.255 e. The molecule has 1 aromatic carbocycles. The molecule has 3 amide bonds. The fourth-order valence-electron chi connectivity index (χ4n) is 6.99. The van der Waals surface area contributed by atoms with Gasteiger partial charge in [-0.15, -0.1) is 11.3 Å². The first-order chi connectivity index (χ1) is 23.7. The minimum absolute atomic E-state index is 0.173. The summed E-state index contributed by atoms with van der Waals surface area (Å²) in [5.74, 6) is -0.124. The monoisotopic (exact) mass is 766 g/mol. The van der Waals surface area contributed by atoms with Gasteiger partial charge >= 0.3 is 0 Å². The number of likely N-dealkylation sites (tertiary alicyclic amines) is 1. The highest BCUT2D eigenvalue weighted by Crippen LogP contribution is 2.37. The number of fused-ring (bicyclic) bond motifs is 1. The lowest BCUT2D eigenvalue weighted by Crippen LogP contribution is -2.52. The number of anilines is 2. The van der Waals surface area contributed by atoms with Crippen molar-refractivity contribution < 1.29 is 19.1 Å². The molecule has 4 aliphatic heterocycles. The summed E-state index contributed by atoms with van der Waals surface area (Å²) in [5.41, 5.74) is 3.72. The summed E-state index contributed by atoms with van der Waals surface area (Å²) in [5, 5.41) is 22.3. The Labute approximate surface area is 301 Å². The number of hydrogen-bond donors (Lipinski definition) is 3. The van der Waals surface area contributed by atoms with Crippen LogP contribution in [-0.2, 0) is 27.4 Å². The minimum Gasteiger partial charge on any atom is -0.381 e. The van der Waals surface area contributed by atoms with E-state index in [1.54, 1.807) is 11.1 Å². The molecule has 1 atom stereocenters.